The van der Waals surface area contributed by atoms with Crippen molar-refractivity contribution in [3.05, 3.63) is 17.5 Å². The summed E-state index contributed by atoms with van der Waals surface area (Å²) in [6.07, 6.45) is 2.91. The zero-order chi connectivity index (χ0) is 11.3. The van der Waals surface area contributed by atoms with E-state index in [-0.39, 0.29) is 6.10 Å². The van der Waals surface area contributed by atoms with Gasteiger partial charge >= 0.3 is 6.01 Å². The van der Waals surface area contributed by atoms with E-state index >= 15 is 0 Å². The van der Waals surface area contributed by atoms with Crippen LogP contribution in [0.4, 0.5) is 0 Å². The molecular formula is C11H19N3O. The van der Waals surface area contributed by atoms with Crippen LogP contribution in [0, 0.1) is 6.92 Å². The predicted molar refractivity (Wildman–Crippen MR) is 60.2 cm³/mol. The zero-order valence-corrected chi connectivity index (χ0v) is 9.87. The summed E-state index contributed by atoms with van der Waals surface area (Å²) in [5, 5.41) is 3.10. The van der Waals surface area contributed by atoms with E-state index in [0.29, 0.717) is 6.01 Å². The molecule has 0 aromatic carbocycles. The van der Waals surface area contributed by atoms with Gasteiger partial charge in [-0.3, -0.25) is 0 Å². The molecule has 4 nitrogen and oxygen atoms in total. The minimum Gasteiger partial charge on any atom is -0.461 e. The van der Waals surface area contributed by atoms with Crippen LogP contribution >= 0.6 is 0 Å². The van der Waals surface area contributed by atoms with E-state index in [9.17, 15) is 0 Å². The minimum absolute atomic E-state index is 0.118. The first-order valence-electron chi connectivity index (χ1n) is 5.27. The second-order valence-electron chi connectivity index (χ2n) is 3.78. The van der Waals surface area contributed by atoms with Gasteiger partial charge in [-0.1, -0.05) is 0 Å². The maximum atomic E-state index is 5.42. The van der Waals surface area contributed by atoms with Crippen LogP contribution in [0.25, 0.3) is 0 Å². The molecule has 1 aromatic heterocycles. The third kappa shape index (κ3) is 3.83. The largest absolute Gasteiger partial charge is 0.461 e. The van der Waals surface area contributed by atoms with Crippen molar-refractivity contribution in [2.24, 2.45) is 0 Å². The van der Waals surface area contributed by atoms with Crippen molar-refractivity contribution < 1.29 is 4.74 Å². The number of aromatic nitrogens is 2. The lowest BCUT2D eigenvalue weighted by Gasteiger charge is -2.09. The van der Waals surface area contributed by atoms with Crippen LogP contribution < -0.4 is 10.1 Å². The number of nitrogens with one attached hydrogen (secondary N) is 1. The Balaban J connectivity index is 2.69. The molecule has 1 heterocycles. The number of nitrogens with zero attached hydrogens (tertiary/aromatic N) is 2. The minimum atomic E-state index is 0.118. The van der Waals surface area contributed by atoms with E-state index in [2.05, 4.69) is 15.3 Å². The highest BCUT2D eigenvalue weighted by Gasteiger charge is 2.05. The molecule has 0 radical (unpaired) electrons. The lowest BCUT2D eigenvalue weighted by atomic mass is 10.2. The number of aryl methyl sites for hydroxylation is 1. The molecule has 0 saturated heterocycles. The first-order chi connectivity index (χ1) is 7.13. The second-order valence-corrected chi connectivity index (χ2v) is 3.78. The van der Waals surface area contributed by atoms with Crippen LogP contribution in [0.3, 0.4) is 0 Å². The van der Waals surface area contributed by atoms with Crippen molar-refractivity contribution in [2.75, 3.05) is 13.6 Å². The van der Waals surface area contributed by atoms with Gasteiger partial charge in [0.15, 0.2) is 0 Å². The van der Waals surface area contributed by atoms with Crippen LogP contribution in [0.15, 0.2) is 6.20 Å². The van der Waals surface area contributed by atoms with Crippen molar-refractivity contribution >= 4 is 0 Å². The van der Waals surface area contributed by atoms with E-state index in [4.69, 9.17) is 4.74 Å². The van der Waals surface area contributed by atoms with E-state index < -0.39 is 0 Å². The maximum Gasteiger partial charge on any atom is 0.316 e. The molecule has 15 heavy (non-hydrogen) atoms. The molecule has 1 rings (SSSR count). The molecule has 0 unspecified atom stereocenters. The summed E-state index contributed by atoms with van der Waals surface area (Å²) in [6, 6.07) is 0.468. The summed E-state index contributed by atoms with van der Waals surface area (Å²) in [4.78, 5) is 8.48. The standard InChI is InChI=1S/C11H19N3O/c1-8(2)15-11-13-7-10(5-6-12-4)9(3)14-11/h7-8,12H,5-6H2,1-4H3. The van der Waals surface area contributed by atoms with Crippen LogP contribution in [0.1, 0.15) is 25.1 Å². The molecular weight excluding hydrogens is 190 g/mol. The zero-order valence-electron chi connectivity index (χ0n) is 9.87. The number of likely N-dealkylation sites (N-methyl/N-ethyl adjacent to an activating group) is 1. The molecule has 0 aliphatic carbocycles. The third-order valence-electron chi connectivity index (χ3n) is 2.04. The quantitative estimate of drug-likeness (QED) is 0.795. The summed E-state index contributed by atoms with van der Waals surface area (Å²) in [7, 11) is 1.94. The average molecular weight is 209 g/mol. The molecule has 4 heteroatoms. The fraction of sp³-hybridized carbons (Fsp3) is 0.636. The fourth-order valence-corrected chi connectivity index (χ4v) is 1.24. The Morgan fingerprint density at radius 1 is 1.47 bits per heavy atom. The second kappa shape index (κ2) is 5.66. The Morgan fingerprint density at radius 2 is 2.20 bits per heavy atom. The first kappa shape index (κ1) is 11.9. The Bertz CT molecular complexity index is 313. The molecule has 0 spiro atoms. The van der Waals surface area contributed by atoms with Gasteiger partial charge in [-0.15, -0.1) is 0 Å². The molecule has 0 amide bonds. The number of hydrogen-bond acceptors (Lipinski definition) is 4. The monoisotopic (exact) mass is 209 g/mol. The number of rotatable bonds is 5. The van der Waals surface area contributed by atoms with E-state index in [1.807, 2.05) is 34.0 Å². The van der Waals surface area contributed by atoms with Gasteiger partial charge in [-0.05, 0) is 46.3 Å². The first-order valence-corrected chi connectivity index (χ1v) is 5.27. The molecule has 0 bridgehead atoms. The van der Waals surface area contributed by atoms with E-state index in [1.54, 1.807) is 0 Å². The SMILES string of the molecule is CNCCc1cnc(OC(C)C)nc1C. The van der Waals surface area contributed by atoms with Gasteiger partial charge in [0.1, 0.15) is 0 Å². The van der Waals surface area contributed by atoms with Crippen molar-refractivity contribution in [2.45, 2.75) is 33.3 Å². The van der Waals surface area contributed by atoms with E-state index in [1.165, 1.54) is 5.56 Å². The Labute approximate surface area is 91.1 Å². The molecule has 0 aliphatic rings. The van der Waals surface area contributed by atoms with Gasteiger partial charge in [0.2, 0.25) is 0 Å². The highest BCUT2D eigenvalue weighted by Crippen LogP contribution is 2.10. The smallest absolute Gasteiger partial charge is 0.316 e. The normalized spacial score (nSPS) is 10.7. The maximum absolute atomic E-state index is 5.42. The van der Waals surface area contributed by atoms with Gasteiger partial charge in [-0.2, -0.15) is 0 Å². The fourth-order valence-electron chi connectivity index (χ4n) is 1.24. The number of ether oxygens (including phenoxy) is 1. The van der Waals surface area contributed by atoms with Crippen molar-refractivity contribution in [3.63, 3.8) is 0 Å². The predicted octanol–water partition coefficient (Wildman–Crippen LogP) is 1.33. The van der Waals surface area contributed by atoms with Crippen molar-refractivity contribution in [1.82, 2.24) is 15.3 Å². The van der Waals surface area contributed by atoms with Crippen LogP contribution in [0.2, 0.25) is 0 Å². The molecule has 0 fully saturated rings. The Kier molecular flexibility index (Phi) is 4.49. The van der Waals surface area contributed by atoms with Gasteiger partial charge in [0.05, 0.1) is 6.10 Å². The average Bonchev–Trinajstić information content (AvgIpc) is 2.15. The number of hydrogen-bond donors (Lipinski definition) is 1. The van der Waals surface area contributed by atoms with Crippen LogP contribution in [-0.2, 0) is 6.42 Å². The Hall–Kier alpha value is -1.16. The van der Waals surface area contributed by atoms with Gasteiger partial charge in [-0.25, -0.2) is 9.97 Å². The molecule has 1 N–H and O–H groups in total. The summed E-state index contributed by atoms with van der Waals surface area (Å²) < 4.78 is 5.42. The van der Waals surface area contributed by atoms with Gasteiger partial charge in [0, 0.05) is 11.9 Å². The van der Waals surface area contributed by atoms with Crippen LogP contribution in [0.5, 0.6) is 6.01 Å². The van der Waals surface area contributed by atoms with Crippen LogP contribution in [-0.4, -0.2) is 29.7 Å². The van der Waals surface area contributed by atoms with E-state index in [0.717, 1.165) is 18.7 Å². The van der Waals surface area contributed by atoms with Gasteiger partial charge < -0.3 is 10.1 Å². The topological polar surface area (TPSA) is 47.0 Å². The summed E-state index contributed by atoms with van der Waals surface area (Å²) in [5.74, 6) is 0. The molecule has 1 aromatic rings. The Morgan fingerprint density at radius 3 is 2.73 bits per heavy atom. The van der Waals surface area contributed by atoms with Crippen molar-refractivity contribution in [1.29, 1.82) is 0 Å². The lowest BCUT2D eigenvalue weighted by Crippen LogP contribution is -2.13. The summed E-state index contributed by atoms with van der Waals surface area (Å²) >= 11 is 0. The molecule has 0 aliphatic heterocycles. The molecule has 84 valence electrons. The lowest BCUT2D eigenvalue weighted by molar-refractivity contribution is 0.221. The third-order valence-corrected chi connectivity index (χ3v) is 2.04. The summed E-state index contributed by atoms with van der Waals surface area (Å²) in [6.45, 7) is 6.86. The molecule has 0 atom stereocenters. The highest BCUT2D eigenvalue weighted by molar-refractivity contribution is 5.18. The highest BCUT2D eigenvalue weighted by atomic mass is 16.5. The van der Waals surface area contributed by atoms with Crippen molar-refractivity contribution in [3.8, 4) is 6.01 Å². The van der Waals surface area contributed by atoms with Gasteiger partial charge in [0.25, 0.3) is 0 Å². The molecule has 0 saturated carbocycles. The summed E-state index contributed by atoms with van der Waals surface area (Å²) in [5.41, 5.74) is 2.16.